The molecule has 2 fully saturated rings. The third kappa shape index (κ3) is 6.02. The zero-order valence-corrected chi connectivity index (χ0v) is 20.2. The number of carbonyl (C=O) groups is 1. The molecule has 10 nitrogen and oxygen atoms in total. The fourth-order valence-corrected chi connectivity index (χ4v) is 4.80. The molecule has 0 radical (unpaired) electrons. The first-order valence-electron chi connectivity index (χ1n) is 11.1. The molecule has 0 spiro atoms. The van der Waals surface area contributed by atoms with Crippen LogP contribution < -0.4 is 9.47 Å². The summed E-state index contributed by atoms with van der Waals surface area (Å²) < 4.78 is 33.2. The van der Waals surface area contributed by atoms with Crippen molar-refractivity contribution in [3.8, 4) is 17.5 Å². The summed E-state index contributed by atoms with van der Waals surface area (Å²) in [6.07, 6.45) is 1.49. The third-order valence-electron chi connectivity index (χ3n) is 6.01. The minimum absolute atomic E-state index is 0.00951. The topological polar surface area (TPSA) is 120 Å². The number of amides is 1. The Balaban J connectivity index is 1.38. The lowest BCUT2D eigenvalue weighted by Gasteiger charge is -2.44. The van der Waals surface area contributed by atoms with Crippen molar-refractivity contribution in [1.82, 2.24) is 14.9 Å². The summed E-state index contributed by atoms with van der Waals surface area (Å²) in [5.41, 5.74) is 0.788. The fraction of sp³-hybridized carbons (Fsp3) is 0.522. The predicted molar refractivity (Wildman–Crippen MR) is 123 cm³/mol. The van der Waals surface area contributed by atoms with Crippen molar-refractivity contribution in [2.75, 3.05) is 19.8 Å². The van der Waals surface area contributed by atoms with Crippen molar-refractivity contribution in [3.63, 3.8) is 0 Å². The van der Waals surface area contributed by atoms with Gasteiger partial charge in [-0.3, -0.25) is 8.37 Å². The van der Waals surface area contributed by atoms with Gasteiger partial charge in [0.1, 0.15) is 18.2 Å². The number of rotatable bonds is 5. The van der Waals surface area contributed by atoms with Gasteiger partial charge in [0.15, 0.2) is 0 Å². The molecule has 0 unspecified atom stereocenters. The number of aromatic nitrogens is 2. The number of ether oxygens (including phenoxy) is 2. The lowest BCUT2D eigenvalue weighted by atomic mass is 9.80. The molecule has 184 valence electrons. The zero-order valence-electron chi connectivity index (χ0n) is 19.4. The Hall–Kier alpha value is -2.76. The molecule has 1 aromatic carbocycles. The van der Waals surface area contributed by atoms with Crippen LogP contribution in [0.4, 0.5) is 4.79 Å². The molecule has 4 rings (SSSR count). The van der Waals surface area contributed by atoms with Crippen LogP contribution in [0.5, 0.6) is 17.5 Å². The molecule has 2 aliphatic rings. The maximum atomic E-state index is 11.6. The first-order valence-corrected chi connectivity index (χ1v) is 12.1. The maximum absolute atomic E-state index is 11.6. The number of benzene rings is 1. The summed E-state index contributed by atoms with van der Waals surface area (Å²) in [5, 5.41) is 9.55. The van der Waals surface area contributed by atoms with Gasteiger partial charge in [-0.1, -0.05) is 32.9 Å². The van der Waals surface area contributed by atoms with Crippen LogP contribution >= 0.6 is 0 Å². The first kappa shape index (κ1) is 24.4. The molecule has 0 aliphatic carbocycles. The average Bonchev–Trinajstić information content (AvgIpc) is 2.80. The Kier molecular flexibility index (Phi) is 7.34. The number of piperidine rings is 1. The van der Waals surface area contributed by atoms with E-state index in [4.69, 9.17) is 17.8 Å². The lowest BCUT2D eigenvalue weighted by molar-refractivity contribution is 0.0116. The summed E-state index contributed by atoms with van der Waals surface area (Å²) in [6, 6.07) is 8.92. The van der Waals surface area contributed by atoms with Crippen LogP contribution in [-0.2, 0) is 19.7 Å². The van der Waals surface area contributed by atoms with Crippen LogP contribution in [0.3, 0.4) is 0 Å². The Labute approximate surface area is 201 Å². The van der Waals surface area contributed by atoms with Crippen LogP contribution in [0.15, 0.2) is 36.7 Å². The molecule has 1 N–H and O–H groups in total. The molecule has 0 bridgehead atoms. The van der Waals surface area contributed by atoms with Gasteiger partial charge in [0.05, 0.1) is 19.3 Å². The second-order valence-corrected chi connectivity index (χ2v) is 10.3. The zero-order chi connectivity index (χ0) is 24.3. The molecular formula is C23H29N3O7S. The van der Waals surface area contributed by atoms with Crippen molar-refractivity contribution in [2.45, 2.75) is 51.7 Å². The standard InChI is InChI=1S/C23H29N3O7S/c1-23(2,3)19-10-18(8-9-26(19)22(27)28)33-21-11-20(24-14-25-21)32-17-6-4-15(5-7-17)16-12-30-34(29)31-13-16/h4-7,11,14,16,18-19H,8-10,12-13H2,1-3H3,(H,27,28)/t16?,18-,19+,34?/m0/s1. The quantitative estimate of drug-likeness (QED) is 0.663. The molecule has 2 aliphatic heterocycles. The van der Waals surface area contributed by atoms with Gasteiger partial charge in [0.2, 0.25) is 11.8 Å². The summed E-state index contributed by atoms with van der Waals surface area (Å²) >= 11 is -1.66. The van der Waals surface area contributed by atoms with Crippen LogP contribution in [0.1, 0.15) is 45.1 Å². The molecule has 11 heteroatoms. The highest BCUT2D eigenvalue weighted by atomic mass is 32.2. The number of hydrogen-bond donors (Lipinski definition) is 1. The van der Waals surface area contributed by atoms with E-state index in [2.05, 4.69) is 9.97 Å². The van der Waals surface area contributed by atoms with E-state index in [1.54, 1.807) is 6.07 Å². The van der Waals surface area contributed by atoms with Gasteiger partial charge in [-0.15, -0.1) is 0 Å². The van der Waals surface area contributed by atoms with Crippen molar-refractivity contribution >= 4 is 17.5 Å². The van der Waals surface area contributed by atoms with E-state index in [0.717, 1.165) is 5.56 Å². The van der Waals surface area contributed by atoms with E-state index in [1.165, 1.54) is 11.2 Å². The van der Waals surface area contributed by atoms with Gasteiger partial charge < -0.3 is 19.5 Å². The number of likely N-dealkylation sites (tertiary alicyclic amines) is 1. The highest BCUT2D eigenvalue weighted by molar-refractivity contribution is 7.75. The van der Waals surface area contributed by atoms with Gasteiger partial charge in [-0.25, -0.2) is 14.8 Å². The van der Waals surface area contributed by atoms with E-state index in [-0.39, 0.29) is 23.5 Å². The van der Waals surface area contributed by atoms with Crippen molar-refractivity contribution < 1.29 is 31.9 Å². The van der Waals surface area contributed by atoms with Gasteiger partial charge in [0.25, 0.3) is 0 Å². The molecular weight excluding hydrogens is 462 g/mol. The van der Waals surface area contributed by atoms with Crippen LogP contribution in [-0.4, -0.2) is 62.2 Å². The second kappa shape index (κ2) is 10.2. The van der Waals surface area contributed by atoms with E-state index >= 15 is 0 Å². The third-order valence-corrected chi connectivity index (χ3v) is 6.67. The average molecular weight is 492 g/mol. The first-order chi connectivity index (χ1) is 16.2. The number of hydrogen-bond acceptors (Lipinski definition) is 8. The van der Waals surface area contributed by atoms with Crippen molar-refractivity contribution in [1.29, 1.82) is 0 Å². The molecule has 0 saturated carbocycles. The molecule has 34 heavy (non-hydrogen) atoms. The van der Waals surface area contributed by atoms with Gasteiger partial charge in [-0.05, 0) is 23.1 Å². The summed E-state index contributed by atoms with van der Waals surface area (Å²) in [7, 11) is 0. The number of nitrogens with zero attached hydrogens (tertiary/aromatic N) is 3. The minimum atomic E-state index is -1.66. The summed E-state index contributed by atoms with van der Waals surface area (Å²) in [4.78, 5) is 21.5. The molecule has 3 heterocycles. The minimum Gasteiger partial charge on any atom is -0.474 e. The van der Waals surface area contributed by atoms with E-state index in [0.29, 0.717) is 50.1 Å². The highest BCUT2D eigenvalue weighted by Gasteiger charge is 2.39. The van der Waals surface area contributed by atoms with E-state index < -0.39 is 17.5 Å². The molecule has 2 atom stereocenters. The Morgan fingerprint density at radius 1 is 1.15 bits per heavy atom. The van der Waals surface area contributed by atoms with Gasteiger partial charge in [-0.2, -0.15) is 4.21 Å². The molecule has 1 amide bonds. The maximum Gasteiger partial charge on any atom is 0.407 e. The molecule has 1 aromatic heterocycles. The smallest absolute Gasteiger partial charge is 0.407 e. The van der Waals surface area contributed by atoms with Crippen LogP contribution in [0.25, 0.3) is 0 Å². The van der Waals surface area contributed by atoms with E-state index in [1.807, 2.05) is 45.0 Å². The second-order valence-electron chi connectivity index (χ2n) is 9.46. The SMILES string of the molecule is CC(C)(C)[C@H]1C[C@@H](Oc2cc(Oc3ccc(C4COS(=O)OC4)cc3)ncn2)CCN1C(=O)O. The lowest BCUT2D eigenvalue weighted by Crippen LogP contribution is -2.53. The largest absolute Gasteiger partial charge is 0.474 e. The van der Waals surface area contributed by atoms with Crippen molar-refractivity contribution in [2.24, 2.45) is 5.41 Å². The fourth-order valence-electron chi connectivity index (χ4n) is 4.18. The molecule has 2 aromatic rings. The number of carboxylic acid groups (broad SMARTS) is 1. The predicted octanol–water partition coefficient (Wildman–Crippen LogP) is 3.91. The van der Waals surface area contributed by atoms with Crippen LogP contribution in [0.2, 0.25) is 0 Å². The monoisotopic (exact) mass is 491 g/mol. The van der Waals surface area contributed by atoms with Crippen LogP contribution in [0, 0.1) is 5.41 Å². The Bertz CT molecular complexity index is 1020. The van der Waals surface area contributed by atoms with E-state index in [9.17, 15) is 14.1 Å². The Morgan fingerprint density at radius 3 is 2.47 bits per heavy atom. The van der Waals surface area contributed by atoms with Gasteiger partial charge in [0, 0.05) is 31.3 Å². The normalized spacial score (nSPS) is 25.6. The molecule has 2 saturated heterocycles. The summed E-state index contributed by atoms with van der Waals surface area (Å²) in [5.74, 6) is 1.33. The van der Waals surface area contributed by atoms with Gasteiger partial charge >= 0.3 is 17.5 Å². The summed E-state index contributed by atoms with van der Waals surface area (Å²) in [6.45, 7) is 7.19. The Morgan fingerprint density at radius 2 is 1.82 bits per heavy atom. The van der Waals surface area contributed by atoms with Crippen molar-refractivity contribution in [3.05, 3.63) is 42.2 Å². The highest BCUT2D eigenvalue weighted by Crippen LogP contribution is 2.34.